The Kier molecular flexibility index (Phi) is 5.54. The van der Waals surface area contributed by atoms with Gasteiger partial charge < -0.3 is 19.2 Å². The van der Waals surface area contributed by atoms with Gasteiger partial charge in [-0.25, -0.2) is 4.52 Å². The smallest absolute Gasteiger partial charge is 0.287 e. The molecule has 0 unspecified atom stereocenters. The topological polar surface area (TPSA) is 90.9 Å². The summed E-state index contributed by atoms with van der Waals surface area (Å²) in [6.45, 7) is 0.453. The molecule has 150 valence electrons. The van der Waals surface area contributed by atoms with Gasteiger partial charge >= 0.3 is 0 Å². The third kappa shape index (κ3) is 3.99. The minimum Gasteiger partial charge on any atom is -0.493 e. The van der Waals surface area contributed by atoms with Crippen LogP contribution < -0.4 is 14.8 Å². The molecule has 0 atom stereocenters. The molecular weight excluding hydrogens is 460 g/mol. The van der Waals surface area contributed by atoms with Crippen LogP contribution in [0, 0.1) is 0 Å². The zero-order valence-corrected chi connectivity index (χ0v) is 18.0. The lowest BCUT2D eigenvalue weighted by Crippen LogP contribution is -2.25. The lowest BCUT2D eigenvalue weighted by Gasteiger charge is -2.07. The van der Waals surface area contributed by atoms with Gasteiger partial charge in [0, 0.05) is 23.9 Å². The summed E-state index contributed by atoms with van der Waals surface area (Å²) >= 11 is 4.69. The highest BCUT2D eigenvalue weighted by molar-refractivity contribution is 9.10. The number of benzene rings is 1. The molecule has 3 aromatic heterocycles. The first kappa shape index (κ1) is 19.5. The fourth-order valence-corrected chi connectivity index (χ4v) is 3.98. The molecular formula is C19H17BrN4O4S. The number of methoxy groups -OCH3 is 2. The van der Waals surface area contributed by atoms with Gasteiger partial charge in [-0.2, -0.15) is 4.98 Å². The molecule has 8 nitrogen and oxygen atoms in total. The number of fused-ring (bicyclic) bond motifs is 1. The van der Waals surface area contributed by atoms with Gasteiger partial charge in [-0.1, -0.05) is 0 Å². The number of nitrogens with zero attached hydrogens (tertiary/aromatic N) is 3. The van der Waals surface area contributed by atoms with Crippen molar-refractivity contribution < 1.29 is 18.7 Å². The number of hydrogen-bond acceptors (Lipinski definition) is 7. The minimum atomic E-state index is -0.258. The van der Waals surface area contributed by atoms with Gasteiger partial charge in [0.05, 0.1) is 19.9 Å². The molecule has 4 aromatic rings. The third-order valence-electron chi connectivity index (χ3n) is 4.26. The Hall–Kier alpha value is -2.85. The molecule has 0 aliphatic heterocycles. The van der Waals surface area contributed by atoms with E-state index in [4.69, 9.17) is 13.9 Å². The Labute approximate surface area is 178 Å². The maximum absolute atomic E-state index is 12.1. The zero-order valence-electron chi connectivity index (χ0n) is 15.6. The number of rotatable bonds is 7. The minimum absolute atomic E-state index is 0.258. The monoisotopic (exact) mass is 476 g/mol. The number of amides is 1. The van der Waals surface area contributed by atoms with Crippen molar-refractivity contribution in [3.05, 3.63) is 51.8 Å². The molecule has 0 bridgehead atoms. The summed E-state index contributed by atoms with van der Waals surface area (Å²) in [5.41, 5.74) is 1.80. The summed E-state index contributed by atoms with van der Waals surface area (Å²) in [6, 6.07) is 8.87. The predicted octanol–water partition coefficient (Wildman–Crippen LogP) is 3.80. The zero-order chi connectivity index (χ0) is 20.4. The summed E-state index contributed by atoms with van der Waals surface area (Å²) in [6.07, 6.45) is 0.613. The number of thiazole rings is 1. The number of carbonyl (C=O) groups excluding carboxylic acids is 1. The van der Waals surface area contributed by atoms with E-state index in [2.05, 4.69) is 31.3 Å². The summed E-state index contributed by atoms with van der Waals surface area (Å²) in [5, 5.41) is 9.45. The van der Waals surface area contributed by atoms with Crippen molar-refractivity contribution in [2.75, 3.05) is 20.8 Å². The largest absolute Gasteiger partial charge is 0.493 e. The maximum atomic E-state index is 12.1. The Bertz CT molecular complexity index is 1170. The lowest BCUT2D eigenvalue weighted by atomic mass is 10.2. The summed E-state index contributed by atoms with van der Waals surface area (Å²) in [5.74, 6) is 1.88. The van der Waals surface area contributed by atoms with Crippen LogP contribution in [0.1, 0.15) is 16.2 Å². The number of nitrogens with one attached hydrogen (secondary N) is 1. The van der Waals surface area contributed by atoms with Crippen molar-refractivity contribution >= 4 is 38.1 Å². The molecule has 1 N–H and O–H groups in total. The molecule has 1 amide bonds. The van der Waals surface area contributed by atoms with E-state index in [0.29, 0.717) is 35.0 Å². The van der Waals surface area contributed by atoms with E-state index in [1.807, 2.05) is 23.6 Å². The van der Waals surface area contributed by atoms with E-state index >= 15 is 0 Å². The number of carbonyl (C=O) groups is 1. The van der Waals surface area contributed by atoms with Crippen molar-refractivity contribution in [1.82, 2.24) is 19.9 Å². The van der Waals surface area contributed by atoms with Gasteiger partial charge in [0.15, 0.2) is 27.8 Å². The molecule has 0 spiro atoms. The second-order valence-corrected chi connectivity index (χ2v) is 7.65. The third-order valence-corrected chi connectivity index (χ3v) is 5.55. The highest BCUT2D eigenvalue weighted by Crippen LogP contribution is 2.31. The lowest BCUT2D eigenvalue weighted by molar-refractivity contribution is 0.0925. The standard InChI is InChI=1S/C19H17BrN4O4S/c1-26-13-4-3-11(9-15(13)27-2)17-22-19-24(23-17)12(10-29-19)7-8-21-18(25)14-5-6-16(20)28-14/h3-6,9-10H,7-8H2,1-2H3,(H,21,25). The van der Waals surface area contributed by atoms with E-state index < -0.39 is 0 Å². The number of hydrogen-bond donors (Lipinski definition) is 1. The van der Waals surface area contributed by atoms with Crippen LogP contribution in [0.2, 0.25) is 0 Å². The summed E-state index contributed by atoms with van der Waals surface area (Å²) in [7, 11) is 3.19. The van der Waals surface area contributed by atoms with Crippen LogP contribution in [0.4, 0.5) is 0 Å². The molecule has 0 saturated heterocycles. The van der Waals surface area contributed by atoms with Crippen LogP contribution in [0.25, 0.3) is 16.3 Å². The van der Waals surface area contributed by atoms with Crippen molar-refractivity contribution in [3.63, 3.8) is 0 Å². The molecule has 0 fully saturated rings. The number of halogens is 1. The van der Waals surface area contributed by atoms with Crippen molar-refractivity contribution in [2.24, 2.45) is 0 Å². The van der Waals surface area contributed by atoms with Gasteiger partial charge in [0.25, 0.3) is 5.91 Å². The average molecular weight is 477 g/mol. The molecule has 29 heavy (non-hydrogen) atoms. The van der Waals surface area contributed by atoms with Gasteiger partial charge in [-0.15, -0.1) is 16.4 Å². The summed E-state index contributed by atoms with van der Waals surface area (Å²) < 4.78 is 18.2. The molecule has 0 aliphatic carbocycles. The highest BCUT2D eigenvalue weighted by atomic mass is 79.9. The Morgan fingerprint density at radius 3 is 2.79 bits per heavy atom. The Balaban J connectivity index is 1.48. The van der Waals surface area contributed by atoms with Crippen LogP contribution in [0.15, 0.2) is 44.8 Å². The fraction of sp³-hybridized carbons (Fsp3) is 0.211. The molecule has 0 radical (unpaired) electrons. The quantitative estimate of drug-likeness (QED) is 0.436. The molecule has 1 aromatic carbocycles. The fourth-order valence-electron chi connectivity index (χ4n) is 2.82. The SMILES string of the molecule is COc1ccc(-c2nc3scc(CCNC(=O)c4ccc(Br)o4)n3n2)cc1OC. The number of ether oxygens (including phenoxy) is 2. The first-order valence-electron chi connectivity index (χ1n) is 8.68. The summed E-state index contributed by atoms with van der Waals surface area (Å²) in [4.78, 5) is 17.4. The van der Waals surface area contributed by atoms with Crippen LogP contribution in [-0.2, 0) is 6.42 Å². The predicted molar refractivity (Wildman–Crippen MR) is 112 cm³/mol. The van der Waals surface area contributed by atoms with Gasteiger partial charge in [0.2, 0.25) is 4.96 Å². The maximum Gasteiger partial charge on any atom is 0.287 e. The molecule has 10 heteroatoms. The molecule has 0 saturated carbocycles. The highest BCUT2D eigenvalue weighted by Gasteiger charge is 2.15. The van der Waals surface area contributed by atoms with Crippen LogP contribution >= 0.6 is 27.3 Å². The van der Waals surface area contributed by atoms with Crippen LogP contribution in [0.5, 0.6) is 11.5 Å². The van der Waals surface area contributed by atoms with Gasteiger partial charge in [-0.05, 0) is 46.3 Å². The van der Waals surface area contributed by atoms with E-state index in [9.17, 15) is 4.79 Å². The molecule has 3 heterocycles. The number of aromatic nitrogens is 3. The van der Waals surface area contributed by atoms with Gasteiger partial charge in [0.1, 0.15) is 0 Å². The van der Waals surface area contributed by atoms with E-state index in [1.165, 1.54) is 11.3 Å². The number of furan rings is 1. The second kappa shape index (κ2) is 8.26. The van der Waals surface area contributed by atoms with Crippen LogP contribution in [-0.4, -0.2) is 41.3 Å². The Morgan fingerprint density at radius 1 is 1.24 bits per heavy atom. The first-order valence-corrected chi connectivity index (χ1v) is 10.4. The van der Waals surface area contributed by atoms with E-state index in [-0.39, 0.29) is 11.7 Å². The van der Waals surface area contributed by atoms with Crippen LogP contribution in [0.3, 0.4) is 0 Å². The van der Waals surface area contributed by atoms with E-state index in [1.54, 1.807) is 30.9 Å². The van der Waals surface area contributed by atoms with E-state index in [0.717, 1.165) is 16.2 Å². The first-order chi connectivity index (χ1) is 14.1. The molecule has 0 aliphatic rings. The normalized spacial score (nSPS) is 11.0. The van der Waals surface area contributed by atoms with Crippen molar-refractivity contribution in [2.45, 2.75) is 6.42 Å². The second-order valence-electron chi connectivity index (χ2n) is 6.04. The van der Waals surface area contributed by atoms with Gasteiger partial charge in [-0.3, -0.25) is 4.79 Å². The Morgan fingerprint density at radius 2 is 2.07 bits per heavy atom. The molecule has 4 rings (SSSR count). The van der Waals surface area contributed by atoms with Crippen molar-refractivity contribution in [1.29, 1.82) is 0 Å². The average Bonchev–Trinajstić information content (AvgIpc) is 3.44. The van der Waals surface area contributed by atoms with Crippen molar-refractivity contribution in [3.8, 4) is 22.9 Å².